The number of nitrogens with one attached hydrogen (secondary N) is 1. The Bertz CT molecular complexity index is 1460. The Morgan fingerprint density at radius 1 is 1.00 bits per heavy atom. The van der Waals surface area contributed by atoms with Crippen LogP contribution in [0.3, 0.4) is 0 Å². The third-order valence-electron chi connectivity index (χ3n) is 5.49. The minimum Gasteiger partial charge on any atom is -0.449 e. The number of aromatic nitrogens is 2. The van der Waals surface area contributed by atoms with Gasteiger partial charge in [-0.05, 0) is 42.1 Å². The lowest BCUT2D eigenvalue weighted by molar-refractivity contribution is -0.124. The number of fused-ring (bicyclic) bond motifs is 2. The number of thiazole rings is 1. The fraction of sp³-hybridized carbons (Fsp3) is 0.111. The van der Waals surface area contributed by atoms with Gasteiger partial charge in [0, 0.05) is 17.1 Å². The van der Waals surface area contributed by atoms with Gasteiger partial charge in [0.15, 0.2) is 6.10 Å². The predicted octanol–water partition coefficient (Wildman–Crippen LogP) is 6.09. The maximum Gasteiger partial charge on any atom is 0.339 e. The first-order valence-corrected chi connectivity index (χ1v) is 11.7. The van der Waals surface area contributed by atoms with Crippen LogP contribution in [0, 0.1) is 0 Å². The molecule has 0 radical (unpaired) electrons. The molecule has 3 aromatic carbocycles. The number of ether oxygens (including phenoxy) is 1. The highest BCUT2D eigenvalue weighted by molar-refractivity contribution is 7.21. The number of benzene rings is 3. The molecule has 1 atom stereocenters. The van der Waals surface area contributed by atoms with Gasteiger partial charge in [-0.3, -0.25) is 9.78 Å². The van der Waals surface area contributed by atoms with Crippen molar-refractivity contribution in [3.63, 3.8) is 0 Å². The molecule has 34 heavy (non-hydrogen) atoms. The molecule has 5 aromatic rings. The fourth-order valence-corrected chi connectivity index (χ4v) is 4.85. The third-order valence-corrected chi connectivity index (χ3v) is 6.56. The summed E-state index contributed by atoms with van der Waals surface area (Å²) in [5.74, 6) is -0.942. The summed E-state index contributed by atoms with van der Waals surface area (Å²) < 4.78 is 6.77. The molecule has 1 N–H and O–H groups in total. The van der Waals surface area contributed by atoms with E-state index in [1.54, 1.807) is 48.9 Å². The van der Waals surface area contributed by atoms with Crippen molar-refractivity contribution in [3.05, 3.63) is 90.8 Å². The van der Waals surface area contributed by atoms with Gasteiger partial charge in [0.05, 0.1) is 27.7 Å². The summed E-state index contributed by atoms with van der Waals surface area (Å²) in [6.45, 7) is 1.80. The van der Waals surface area contributed by atoms with Crippen molar-refractivity contribution in [1.29, 1.82) is 0 Å². The van der Waals surface area contributed by atoms with Gasteiger partial charge >= 0.3 is 5.97 Å². The molecule has 0 fully saturated rings. The zero-order valence-electron chi connectivity index (χ0n) is 18.4. The van der Waals surface area contributed by atoms with Crippen LogP contribution in [0.2, 0.25) is 0 Å². The van der Waals surface area contributed by atoms with Crippen molar-refractivity contribution in [2.75, 3.05) is 5.32 Å². The Labute approximate surface area is 200 Å². The van der Waals surface area contributed by atoms with Gasteiger partial charge < -0.3 is 10.1 Å². The molecular formula is C27H21N3O3S. The smallest absolute Gasteiger partial charge is 0.339 e. The standard InChI is InChI=1S/C27H21N3O3S/c1-2-22(25(31)29-18-10-7-15-28-16-18)33-27(32)20-12-6-9-17-8-5-11-19(24(17)20)26-30-21-13-3-4-14-23(21)34-26/h3-16,22H,2H2,1H3,(H,29,31). The van der Waals surface area contributed by atoms with E-state index >= 15 is 0 Å². The van der Waals surface area contributed by atoms with Crippen molar-refractivity contribution in [2.24, 2.45) is 0 Å². The lowest BCUT2D eigenvalue weighted by atomic mass is 9.99. The predicted molar refractivity (Wildman–Crippen MR) is 135 cm³/mol. The van der Waals surface area contributed by atoms with E-state index in [4.69, 9.17) is 9.72 Å². The number of rotatable bonds is 6. The topological polar surface area (TPSA) is 81.2 Å². The van der Waals surface area contributed by atoms with Crippen LogP contribution in [0.1, 0.15) is 23.7 Å². The van der Waals surface area contributed by atoms with Gasteiger partial charge in [-0.1, -0.05) is 49.4 Å². The summed E-state index contributed by atoms with van der Waals surface area (Å²) in [6, 6.07) is 22.8. The Hall–Kier alpha value is -4.10. The summed E-state index contributed by atoms with van der Waals surface area (Å²) in [5, 5.41) is 5.24. The third kappa shape index (κ3) is 4.25. The maximum absolute atomic E-state index is 13.3. The monoisotopic (exact) mass is 467 g/mol. The van der Waals surface area contributed by atoms with Gasteiger partial charge in [-0.2, -0.15) is 0 Å². The van der Waals surface area contributed by atoms with Crippen LogP contribution in [0.4, 0.5) is 5.69 Å². The quantitative estimate of drug-likeness (QED) is 0.306. The maximum atomic E-state index is 13.3. The Balaban J connectivity index is 1.49. The highest BCUT2D eigenvalue weighted by atomic mass is 32.1. The van der Waals surface area contributed by atoms with E-state index in [2.05, 4.69) is 10.3 Å². The summed E-state index contributed by atoms with van der Waals surface area (Å²) in [6.07, 6.45) is 2.57. The number of esters is 1. The van der Waals surface area contributed by atoms with E-state index in [0.29, 0.717) is 17.7 Å². The Morgan fingerprint density at radius 3 is 2.59 bits per heavy atom. The van der Waals surface area contributed by atoms with Crippen LogP contribution >= 0.6 is 11.3 Å². The molecule has 0 aliphatic heterocycles. The first-order chi connectivity index (χ1) is 16.6. The normalized spacial score (nSPS) is 11.9. The van der Waals surface area contributed by atoms with Gasteiger partial charge in [0.25, 0.3) is 5.91 Å². The molecule has 0 bridgehead atoms. The molecule has 5 rings (SSSR count). The molecule has 2 aromatic heterocycles. The number of pyridine rings is 1. The molecule has 0 spiro atoms. The molecule has 0 aliphatic carbocycles. The Kier molecular flexibility index (Phi) is 6.01. The van der Waals surface area contributed by atoms with E-state index in [9.17, 15) is 9.59 Å². The van der Waals surface area contributed by atoms with E-state index < -0.39 is 18.0 Å². The fourth-order valence-electron chi connectivity index (χ4n) is 3.85. The van der Waals surface area contributed by atoms with Crippen LogP contribution in [0.15, 0.2) is 85.2 Å². The number of carbonyl (C=O) groups excluding carboxylic acids is 2. The molecule has 0 saturated heterocycles. The first-order valence-electron chi connectivity index (χ1n) is 10.9. The van der Waals surface area contributed by atoms with Crippen LogP contribution in [0.5, 0.6) is 0 Å². The number of amides is 1. The second-order valence-corrected chi connectivity index (χ2v) is 8.76. The molecule has 2 heterocycles. The molecule has 1 amide bonds. The lowest BCUT2D eigenvalue weighted by Gasteiger charge is -2.17. The lowest BCUT2D eigenvalue weighted by Crippen LogP contribution is -2.32. The van der Waals surface area contributed by atoms with Crippen molar-refractivity contribution in [2.45, 2.75) is 19.4 Å². The number of hydrogen-bond acceptors (Lipinski definition) is 6. The molecule has 0 saturated carbocycles. The van der Waals surface area contributed by atoms with Crippen molar-refractivity contribution in [1.82, 2.24) is 9.97 Å². The molecule has 168 valence electrons. The second-order valence-electron chi connectivity index (χ2n) is 7.73. The van der Waals surface area contributed by atoms with E-state index in [-0.39, 0.29) is 0 Å². The van der Waals surface area contributed by atoms with Gasteiger partial charge in [0.1, 0.15) is 5.01 Å². The molecule has 7 heteroatoms. The number of carbonyl (C=O) groups is 2. The van der Waals surface area contributed by atoms with Crippen molar-refractivity contribution >= 4 is 49.9 Å². The van der Waals surface area contributed by atoms with Crippen LogP contribution < -0.4 is 5.32 Å². The van der Waals surface area contributed by atoms with Crippen LogP contribution in [-0.2, 0) is 9.53 Å². The average Bonchev–Trinajstić information content (AvgIpc) is 3.31. The number of para-hydroxylation sites is 1. The van der Waals surface area contributed by atoms with Crippen molar-refractivity contribution < 1.29 is 14.3 Å². The molecule has 6 nitrogen and oxygen atoms in total. The zero-order chi connectivity index (χ0) is 23.5. The highest BCUT2D eigenvalue weighted by Crippen LogP contribution is 2.36. The largest absolute Gasteiger partial charge is 0.449 e. The molecule has 0 aliphatic rings. The number of hydrogen-bond donors (Lipinski definition) is 1. The van der Waals surface area contributed by atoms with Crippen molar-refractivity contribution in [3.8, 4) is 10.6 Å². The summed E-state index contributed by atoms with van der Waals surface area (Å²) >= 11 is 1.58. The highest BCUT2D eigenvalue weighted by Gasteiger charge is 2.24. The first kappa shape index (κ1) is 21.7. The van der Waals surface area contributed by atoms with Crippen LogP contribution in [0.25, 0.3) is 31.6 Å². The number of nitrogens with zero attached hydrogens (tertiary/aromatic N) is 2. The minimum absolute atomic E-state index is 0.341. The zero-order valence-corrected chi connectivity index (χ0v) is 19.2. The van der Waals surface area contributed by atoms with Gasteiger partial charge in [0.2, 0.25) is 0 Å². The molecular weight excluding hydrogens is 446 g/mol. The van der Waals surface area contributed by atoms with E-state index in [0.717, 1.165) is 31.6 Å². The number of anilines is 1. The molecule has 1 unspecified atom stereocenters. The summed E-state index contributed by atoms with van der Waals surface area (Å²) in [4.78, 5) is 34.8. The average molecular weight is 468 g/mol. The SMILES string of the molecule is CCC(OC(=O)c1cccc2cccc(-c3nc4ccccc4s3)c12)C(=O)Nc1cccnc1. The van der Waals surface area contributed by atoms with Gasteiger partial charge in [-0.25, -0.2) is 9.78 Å². The summed E-state index contributed by atoms with van der Waals surface area (Å²) in [7, 11) is 0. The summed E-state index contributed by atoms with van der Waals surface area (Å²) in [5.41, 5.74) is 2.72. The van der Waals surface area contributed by atoms with E-state index in [1.807, 2.05) is 54.6 Å². The van der Waals surface area contributed by atoms with Crippen LogP contribution in [-0.4, -0.2) is 27.9 Å². The van der Waals surface area contributed by atoms with E-state index in [1.165, 1.54) is 0 Å². The van der Waals surface area contributed by atoms with Gasteiger partial charge in [-0.15, -0.1) is 11.3 Å². The second kappa shape index (κ2) is 9.41. The minimum atomic E-state index is -0.933. The Morgan fingerprint density at radius 2 is 1.82 bits per heavy atom.